The average Bonchev–Trinajstić information content (AvgIpc) is 3.45. The van der Waals surface area contributed by atoms with E-state index < -0.39 is 6.23 Å². The van der Waals surface area contributed by atoms with Gasteiger partial charge < -0.3 is 25.9 Å². The summed E-state index contributed by atoms with van der Waals surface area (Å²) in [5, 5.41) is 18.5. The molecule has 2 fully saturated rings. The smallest absolute Gasteiger partial charge is 0.147 e. The number of hydrogen-bond donors (Lipinski definition) is 3. The molecule has 1 aromatic rings. The van der Waals surface area contributed by atoms with E-state index in [1.165, 1.54) is 12.3 Å². The Balaban J connectivity index is 1.85. The fraction of sp³-hybridized carbons (Fsp3) is 0.571. The Morgan fingerprint density at radius 2 is 2.11 bits per heavy atom. The predicted octanol–water partition coefficient (Wildman–Crippen LogP) is 3.58. The van der Waals surface area contributed by atoms with Crippen LogP contribution in [0.2, 0.25) is 0 Å². The van der Waals surface area contributed by atoms with Gasteiger partial charge in [0.1, 0.15) is 17.8 Å². The topological polar surface area (TPSA) is 82.6 Å². The molecule has 5 nitrogen and oxygen atoms in total. The lowest BCUT2D eigenvalue weighted by molar-refractivity contribution is 0.116. The second kappa shape index (κ2) is 7.15. The Hall–Kier alpha value is -2.08. The lowest BCUT2D eigenvalue weighted by atomic mass is 9.90. The molecule has 3 aliphatic rings. The van der Waals surface area contributed by atoms with E-state index in [0.29, 0.717) is 29.0 Å². The molecule has 2 saturated carbocycles. The highest BCUT2D eigenvalue weighted by Gasteiger charge is 2.41. The maximum absolute atomic E-state index is 15.3. The van der Waals surface area contributed by atoms with Crippen molar-refractivity contribution in [3.05, 3.63) is 29.2 Å². The van der Waals surface area contributed by atoms with Crippen molar-refractivity contribution in [1.82, 2.24) is 0 Å². The number of rotatable bonds is 6. The lowest BCUT2D eigenvalue weighted by Crippen LogP contribution is -2.47. The first kappa shape index (κ1) is 18.3. The maximum Gasteiger partial charge on any atom is 0.147 e. The third-order valence-corrected chi connectivity index (χ3v) is 6.16. The highest BCUT2D eigenvalue weighted by molar-refractivity contribution is 6.09. The molecule has 1 aliphatic heterocycles. The fourth-order valence-electron chi connectivity index (χ4n) is 4.13. The number of anilines is 1. The number of allylic oxidation sites excluding steroid dienone is 1. The fourth-order valence-corrected chi connectivity index (χ4v) is 4.13. The summed E-state index contributed by atoms with van der Waals surface area (Å²) in [7, 11) is 0. The minimum Gasteiger partial charge on any atom is -0.489 e. The van der Waals surface area contributed by atoms with Crippen molar-refractivity contribution in [2.45, 2.75) is 70.2 Å². The molecule has 0 aromatic heterocycles. The van der Waals surface area contributed by atoms with Crippen LogP contribution in [0.4, 0.5) is 10.1 Å². The second-order valence-corrected chi connectivity index (χ2v) is 8.05. The molecule has 0 saturated heterocycles. The Kier molecular flexibility index (Phi) is 4.84. The van der Waals surface area contributed by atoms with E-state index in [-0.39, 0.29) is 23.9 Å². The van der Waals surface area contributed by atoms with Crippen molar-refractivity contribution >= 4 is 17.5 Å². The Morgan fingerprint density at radius 3 is 2.67 bits per heavy atom. The Bertz CT molecular complexity index is 771. The van der Waals surface area contributed by atoms with Crippen molar-refractivity contribution in [3.8, 4) is 5.75 Å². The molecule has 2 aliphatic carbocycles. The quantitative estimate of drug-likeness (QED) is 0.666. The van der Waals surface area contributed by atoms with Crippen LogP contribution in [-0.2, 0) is 6.42 Å². The summed E-state index contributed by atoms with van der Waals surface area (Å²) in [6.07, 6.45) is 8.52. The highest BCUT2D eigenvalue weighted by Crippen LogP contribution is 2.47. The number of halogens is 1. The molecule has 1 heterocycles. The summed E-state index contributed by atoms with van der Waals surface area (Å²) in [6, 6.07) is 1.48. The van der Waals surface area contributed by atoms with E-state index in [1.807, 2.05) is 11.8 Å². The van der Waals surface area contributed by atoms with Gasteiger partial charge in [0.2, 0.25) is 0 Å². The van der Waals surface area contributed by atoms with Gasteiger partial charge in [-0.25, -0.2) is 4.39 Å². The molecule has 1 unspecified atom stereocenters. The summed E-state index contributed by atoms with van der Waals surface area (Å²) >= 11 is 0. The van der Waals surface area contributed by atoms with Gasteiger partial charge in [-0.1, -0.05) is 0 Å². The molecule has 4 N–H and O–H groups in total. The Morgan fingerprint density at radius 1 is 1.37 bits per heavy atom. The summed E-state index contributed by atoms with van der Waals surface area (Å²) in [5.74, 6) is 0.471. The third kappa shape index (κ3) is 3.20. The first-order valence-corrected chi connectivity index (χ1v) is 9.96. The number of nitrogens with zero attached hydrogens (tertiary/aromatic N) is 1. The van der Waals surface area contributed by atoms with Gasteiger partial charge in [0, 0.05) is 41.1 Å². The SMILES string of the molecule is C[C@H]1CCc2c(OC3CCC3)c(/C(C=N)=C/N)cc(F)c2N1C(O)C1CC1. The van der Waals surface area contributed by atoms with E-state index in [4.69, 9.17) is 15.9 Å². The Labute approximate surface area is 159 Å². The number of nitrogens with one attached hydrogen (secondary N) is 1. The van der Waals surface area contributed by atoms with Gasteiger partial charge in [-0.2, -0.15) is 0 Å². The van der Waals surface area contributed by atoms with Crippen LogP contribution in [-0.4, -0.2) is 29.7 Å². The minimum atomic E-state index is -0.664. The monoisotopic (exact) mass is 373 g/mol. The van der Waals surface area contributed by atoms with Crippen LogP contribution >= 0.6 is 0 Å². The number of hydrogen-bond acceptors (Lipinski definition) is 5. The molecule has 146 valence electrons. The van der Waals surface area contributed by atoms with Crippen molar-refractivity contribution in [3.63, 3.8) is 0 Å². The standard InChI is InChI=1S/C21H28FN3O2/c1-12-5-8-16-19(25(12)21(26)13-6-7-13)18(22)9-17(14(10-23)11-24)20(16)27-15-3-2-4-15/h9-13,15,21,23,26H,2-8,24H2,1H3/b14-11+,23-10?/t12-,21?/m0/s1. The normalized spacial score (nSPS) is 24.2. The van der Waals surface area contributed by atoms with Crippen LogP contribution in [0.15, 0.2) is 12.3 Å². The molecular weight excluding hydrogens is 345 g/mol. The molecule has 0 amide bonds. The zero-order chi connectivity index (χ0) is 19.1. The number of aliphatic hydroxyl groups is 1. The van der Waals surface area contributed by atoms with Crippen LogP contribution in [0.3, 0.4) is 0 Å². The third-order valence-electron chi connectivity index (χ3n) is 6.16. The summed E-state index contributed by atoms with van der Waals surface area (Å²) in [4.78, 5) is 1.85. The van der Waals surface area contributed by atoms with Gasteiger partial charge in [-0.05, 0) is 57.9 Å². The summed E-state index contributed by atoms with van der Waals surface area (Å²) in [6.45, 7) is 2.04. The van der Waals surface area contributed by atoms with Gasteiger partial charge in [0.25, 0.3) is 0 Å². The van der Waals surface area contributed by atoms with Crippen LogP contribution in [0, 0.1) is 17.1 Å². The molecule has 0 bridgehead atoms. The molecular formula is C21H28FN3O2. The maximum atomic E-state index is 15.3. The van der Waals surface area contributed by atoms with Gasteiger partial charge in [0.05, 0.1) is 11.8 Å². The van der Waals surface area contributed by atoms with E-state index in [2.05, 4.69) is 0 Å². The molecule has 1 aromatic carbocycles. The molecule has 6 heteroatoms. The number of ether oxygens (including phenoxy) is 1. The molecule has 27 heavy (non-hydrogen) atoms. The van der Waals surface area contributed by atoms with Crippen molar-refractivity contribution in [2.24, 2.45) is 11.7 Å². The first-order valence-electron chi connectivity index (χ1n) is 9.96. The van der Waals surface area contributed by atoms with Gasteiger partial charge >= 0.3 is 0 Å². The van der Waals surface area contributed by atoms with E-state index in [0.717, 1.165) is 50.3 Å². The molecule has 2 atom stereocenters. The van der Waals surface area contributed by atoms with Gasteiger partial charge in [-0.3, -0.25) is 0 Å². The van der Waals surface area contributed by atoms with Crippen molar-refractivity contribution in [2.75, 3.05) is 4.90 Å². The van der Waals surface area contributed by atoms with Crippen LogP contribution in [0.1, 0.15) is 56.6 Å². The van der Waals surface area contributed by atoms with E-state index in [1.54, 1.807) is 0 Å². The number of benzene rings is 1. The zero-order valence-electron chi connectivity index (χ0n) is 15.7. The second-order valence-electron chi connectivity index (χ2n) is 8.05. The number of fused-ring (bicyclic) bond motifs is 1. The van der Waals surface area contributed by atoms with Gasteiger partial charge in [0.15, 0.2) is 0 Å². The predicted molar refractivity (Wildman–Crippen MR) is 105 cm³/mol. The van der Waals surface area contributed by atoms with Crippen molar-refractivity contribution < 1.29 is 14.2 Å². The summed E-state index contributed by atoms with van der Waals surface area (Å²) in [5.41, 5.74) is 7.94. The van der Waals surface area contributed by atoms with Crippen LogP contribution in [0.5, 0.6) is 5.75 Å². The molecule has 4 rings (SSSR count). The first-order chi connectivity index (χ1) is 13.0. The largest absolute Gasteiger partial charge is 0.489 e. The van der Waals surface area contributed by atoms with Gasteiger partial charge in [-0.15, -0.1) is 0 Å². The number of aliphatic hydroxyl groups excluding tert-OH is 1. The molecule has 0 radical (unpaired) electrons. The van der Waals surface area contributed by atoms with E-state index >= 15 is 4.39 Å². The lowest BCUT2D eigenvalue weighted by Gasteiger charge is -2.42. The highest BCUT2D eigenvalue weighted by atomic mass is 19.1. The molecule has 0 spiro atoms. The van der Waals surface area contributed by atoms with E-state index in [9.17, 15) is 5.11 Å². The number of nitrogens with two attached hydrogens (primary N) is 1. The van der Waals surface area contributed by atoms with Crippen LogP contribution in [0.25, 0.3) is 5.57 Å². The van der Waals surface area contributed by atoms with Crippen molar-refractivity contribution in [1.29, 1.82) is 5.41 Å². The minimum absolute atomic E-state index is 0.0669. The zero-order valence-corrected chi connectivity index (χ0v) is 15.7. The average molecular weight is 373 g/mol. The summed E-state index contributed by atoms with van der Waals surface area (Å²) < 4.78 is 21.6. The van der Waals surface area contributed by atoms with Crippen LogP contribution < -0.4 is 15.4 Å².